The fourth-order valence-corrected chi connectivity index (χ4v) is 4.38. The molecule has 2 atom stereocenters. The van der Waals surface area contributed by atoms with Crippen molar-refractivity contribution in [2.24, 2.45) is 5.41 Å². The van der Waals surface area contributed by atoms with Gasteiger partial charge in [-0.05, 0) is 30.7 Å². The van der Waals surface area contributed by atoms with Gasteiger partial charge in [-0.1, -0.05) is 32.6 Å². The molecule has 31 heavy (non-hydrogen) atoms. The number of hydrogen-bond acceptors (Lipinski definition) is 6. The fraction of sp³-hybridized carbons (Fsp3) is 0.435. The molecule has 3 heterocycles. The zero-order valence-electron chi connectivity index (χ0n) is 18.4. The molecule has 0 saturated carbocycles. The summed E-state index contributed by atoms with van der Waals surface area (Å²) in [7, 11) is 0. The van der Waals surface area contributed by atoms with E-state index in [4.69, 9.17) is 5.73 Å². The number of nitrogens with zero attached hydrogens (tertiary/aromatic N) is 3. The highest BCUT2D eigenvalue weighted by atomic mass is 16.1. The Morgan fingerprint density at radius 2 is 1.90 bits per heavy atom. The minimum atomic E-state index is -0.00927. The van der Waals surface area contributed by atoms with Crippen LogP contribution < -0.4 is 21.7 Å². The number of anilines is 2. The molecule has 2 unspecified atom stereocenters. The van der Waals surface area contributed by atoms with E-state index in [1.54, 1.807) is 6.20 Å². The third kappa shape index (κ3) is 4.73. The molecule has 2 aliphatic rings. The lowest BCUT2D eigenvalue weighted by atomic mass is 9.89. The van der Waals surface area contributed by atoms with E-state index in [1.165, 1.54) is 12.6 Å². The molecule has 0 fully saturated rings. The van der Waals surface area contributed by atoms with Gasteiger partial charge in [0.25, 0.3) is 0 Å². The van der Waals surface area contributed by atoms with Gasteiger partial charge < -0.3 is 21.7 Å². The van der Waals surface area contributed by atoms with E-state index in [2.05, 4.69) is 57.2 Å². The molecule has 1 amide bonds. The van der Waals surface area contributed by atoms with E-state index >= 15 is 0 Å². The molecule has 0 aromatic carbocycles. The average molecular weight is 422 g/mol. The van der Waals surface area contributed by atoms with Crippen LogP contribution in [-0.4, -0.2) is 32.8 Å². The number of fused-ring (bicyclic) bond motifs is 1. The Hall–Kier alpha value is -3.29. The number of nitrogens with one attached hydrogen (secondary N) is 3. The van der Waals surface area contributed by atoms with Crippen LogP contribution in [0.25, 0.3) is 11.1 Å². The molecular formula is C23H31N7O. The molecule has 4 rings (SSSR count). The Morgan fingerprint density at radius 3 is 2.58 bits per heavy atom. The summed E-state index contributed by atoms with van der Waals surface area (Å²) in [5.74, 6) is 1.33. The minimum Gasteiger partial charge on any atom is -0.397 e. The number of rotatable bonds is 6. The summed E-state index contributed by atoms with van der Waals surface area (Å²) >= 11 is 0. The summed E-state index contributed by atoms with van der Waals surface area (Å²) in [6.45, 7) is 11.0. The predicted octanol–water partition coefficient (Wildman–Crippen LogP) is 2.81. The number of amides is 1. The molecule has 2 aromatic rings. The lowest BCUT2D eigenvalue weighted by Crippen LogP contribution is -2.38. The zero-order chi connectivity index (χ0) is 22.2. The van der Waals surface area contributed by atoms with Gasteiger partial charge in [-0.25, -0.2) is 4.98 Å². The van der Waals surface area contributed by atoms with Gasteiger partial charge >= 0.3 is 0 Å². The quantitative estimate of drug-likeness (QED) is 0.534. The Bertz CT molecular complexity index is 1040. The van der Waals surface area contributed by atoms with E-state index in [0.29, 0.717) is 17.3 Å². The summed E-state index contributed by atoms with van der Waals surface area (Å²) in [6.07, 6.45) is 10.4. The summed E-state index contributed by atoms with van der Waals surface area (Å²) in [5.41, 5.74) is 10.3. The number of aromatic nitrogens is 3. The van der Waals surface area contributed by atoms with Crippen LogP contribution in [0.3, 0.4) is 0 Å². The number of nitrogen functional groups attached to an aromatic ring is 1. The first-order chi connectivity index (χ1) is 14.7. The van der Waals surface area contributed by atoms with Gasteiger partial charge in [-0.2, -0.15) is 5.10 Å². The number of pyridine rings is 1. The predicted molar refractivity (Wildman–Crippen MR) is 123 cm³/mol. The third-order valence-electron chi connectivity index (χ3n) is 5.79. The molecule has 0 radical (unpaired) electrons. The van der Waals surface area contributed by atoms with Crippen LogP contribution in [0.15, 0.2) is 43.0 Å². The summed E-state index contributed by atoms with van der Waals surface area (Å²) in [5, 5.41) is 14.1. The van der Waals surface area contributed by atoms with E-state index in [-0.39, 0.29) is 23.4 Å². The van der Waals surface area contributed by atoms with Gasteiger partial charge in [0.05, 0.1) is 23.9 Å². The second-order valence-electron chi connectivity index (χ2n) is 9.28. The van der Waals surface area contributed by atoms with Crippen molar-refractivity contribution in [2.45, 2.75) is 58.7 Å². The second-order valence-corrected chi connectivity index (χ2v) is 9.28. The molecular weight excluding hydrogens is 390 g/mol. The third-order valence-corrected chi connectivity index (χ3v) is 5.79. The highest BCUT2D eigenvalue weighted by Crippen LogP contribution is 2.38. The summed E-state index contributed by atoms with van der Waals surface area (Å²) in [6, 6.07) is 2.20. The van der Waals surface area contributed by atoms with Crippen molar-refractivity contribution in [3.63, 3.8) is 0 Å². The van der Waals surface area contributed by atoms with Gasteiger partial charge in [0.2, 0.25) is 5.91 Å². The van der Waals surface area contributed by atoms with E-state index in [1.807, 2.05) is 18.3 Å². The highest BCUT2D eigenvalue weighted by Gasteiger charge is 2.32. The Labute approximate surface area is 183 Å². The average Bonchev–Trinajstić information content (AvgIpc) is 3.19. The SMILES string of the molecule is C=C(Nc1cc(-c2cnn3c2CC(C)(C)C3)c(N)cn1)NC1C=CC(NC(C)=O)CC1. The first-order valence-corrected chi connectivity index (χ1v) is 10.7. The lowest BCUT2D eigenvalue weighted by molar-refractivity contribution is -0.119. The molecule has 0 spiro atoms. The summed E-state index contributed by atoms with van der Waals surface area (Å²) < 4.78 is 2.08. The highest BCUT2D eigenvalue weighted by molar-refractivity contribution is 5.79. The van der Waals surface area contributed by atoms with Crippen LogP contribution in [0.2, 0.25) is 0 Å². The lowest BCUT2D eigenvalue weighted by Gasteiger charge is -2.25. The Morgan fingerprint density at radius 1 is 1.19 bits per heavy atom. The smallest absolute Gasteiger partial charge is 0.217 e. The molecule has 0 saturated heterocycles. The standard InChI is InChI=1S/C23H31N7O/c1-14(27-16-5-7-17(8-6-16)29-15(2)31)28-22-9-18(20(24)12-25-22)19-11-26-30-13-23(3,4)10-21(19)30/h5,7,9,11-12,16-17,27H,1,6,8,10,13,24H2,2-4H3,(H,25,28)(H,29,31). The van der Waals surface area contributed by atoms with Crippen molar-refractivity contribution in [2.75, 3.05) is 11.1 Å². The maximum atomic E-state index is 11.2. The molecule has 1 aliphatic heterocycles. The van der Waals surface area contributed by atoms with Gasteiger partial charge in [-0.3, -0.25) is 9.48 Å². The van der Waals surface area contributed by atoms with Crippen LogP contribution in [-0.2, 0) is 17.8 Å². The minimum absolute atomic E-state index is 0.00927. The topological polar surface area (TPSA) is 110 Å². The zero-order valence-corrected chi connectivity index (χ0v) is 18.4. The Balaban J connectivity index is 1.43. The number of carbonyl (C=O) groups excluding carboxylic acids is 1. The number of carbonyl (C=O) groups is 1. The van der Waals surface area contributed by atoms with Crippen LogP contribution in [0, 0.1) is 5.41 Å². The van der Waals surface area contributed by atoms with Crippen molar-refractivity contribution in [1.29, 1.82) is 0 Å². The number of nitrogens with two attached hydrogens (primary N) is 1. The number of hydrogen-bond donors (Lipinski definition) is 4. The maximum Gasteiger partial charge on any atom is 0.217 e. The van der Waals surface area contributed by atoms with E-state index < -0.39 is 0 Å². The fourth-order valence-electron chi connectivity index (χ4n) is 4.38. The van der Waals surface area contributed by atoms with Crippen molar-refractivity contribution < 1.29 is 4.79 Å². The first kappa shape index (κ1) is 21.0. The second kappa shape index (κ2) is 8.09. The van der Waals surface area contributed by atoms with Crippen LogP contribution in [0.1, 0.15) is 39.3 Å². The van der Waals surface area contributed by atoms with Gasteiger partial charge in [-0.15, -0.1) is 0 Å². The van der Waals surface area contributed by atoms with Crippen molar-refractivity contribution in [3.05, 3.63) is 48.7 Å². The normalized spacial score (nSPS) is 21.4. The molecule has 8 nitrogen and oxygen atoms in total. The molecule has 1 aliphatic carbocycles. The molecule has 164 valence electrons. The largest absolute Gasteiger partial charge is 0.397 e. The van der Waals surface area contributed by atoms with Crippen molar-refractivity contribution >= 4 is 17.4 Å². The van der Waals surface area contributed by atoms with Crippen molar-refractivity contribution in [1.82, 2.24) is 25.4 Å². The molecule has 0 bridgehead atoms. The van der Waals surface area contributed by atoms with Crippen LogP contribution in [0.5, 0.6) is 0 Å². The van der Waals surface area contributed by atoms with Gasteiger partial charge in [0.1, 0.15) is 5.82 Å². The van der Waals surface area contributed by atoms with E-state index in [9.17, 15) is 4.79 Å². The van der Waals surface area contributed by atoms with Gasteiger partial charge in [0, 0.05) is 42.4 Å². The van der Waals surface area contributed by atoms with E-state index in [0.717, 1.165) is 36.9 Å². The molecule has 5 N–H and O–H groups in total. The van der Waals surface area contributed by atoms with Crippen LogP contribution >= 0.6 is 0 Å². The molecule has 8 heteroatoms. The first-order valence-electron chi connectivity index (χ1n) is 10.7. The maximum absolute atomic E-state index is 11.2. The van der Waals surface area contributed by atoms with Crippen LogP contribution in [0.4, 0.5) is 11.5 Å². The van der Waals surface area contributed by atoms with Crippen molar-refractivity contribution in [3.8, 4) is 11.1 Å². The molecule has 2 aromatic heterocycles. The van der Waals surface area contributed by atoms with Gasteiger partial charge in [0.15, 0.2) is 0 Å². The summed E-state index contributed by atoms with van der Waals surface area (Å²) in [4.78, 5) is 15.6. The Kier molecular flexibility index (Phi) is 5.47. The monoisotopic (exact) mass is 421 g/mol.